The molecular weight excluding hydrogens is 392 g/mol. The predicted octanol–water partition coefficient (Wildman–Crippen LogP) is 3.51. The molecule has 0 saturated heterocycles. The van der Waals surface area contributed by atoms with Gasteiger partial charge in [0.1, 0.15) is 17.6 Å². The summed E-state index contributed by atoms with van der Waals surface area (Å²) in [6.07, 6.45) is 5.29. The quantitative estimate of drug-likeness (QED) is 0.243. The lowest BCUT2D eigenvalue weighted by atomic mass is 10.0. The molecule has 2 heterocycles. The Balaban J connectivity index is 1.61. The monoisotopic (exact) mass is 416 g/mol. The molecule has 1 unspecified atom stereocenters. The number of carbonyl (C=O) groups excluding carboxylic acids is 1. The number of hydrogen-bond acceptors (Lipinski definition) is 5. The van der Waals surface area contributed by atoms with Crippen molar-refractivity contribution in [2.45, 2.75) is 26.3 Å². The maximum atomic E-state index is 11.2. The van der Waals surface area contributed by atoms with Gasteiger partial charge in [0.25, 0.3) is 5.91 Å². The van der Waals surface area contributed by atoms with Crippen molar-refractivity contribution >= 4 is 23.0 Å². The molecule has 0 radical (unpaired) electrons. The first-order valence-electron chi connectivity index (χ1n) is 10.1. The fourth-order valence-corrected chi connectivity index (χ4v) is 3.61. The van der Waals surface area contributed by atoms with Gasteiger partial charge in [-0.2, -0.15) is 0 Å². The van der Waals surface area contributed by atoms with Crippen LogP contribution in [0.15, 0.2) is 60.8 Å². The molecule has 0 bridgehead atoms. The van der Waals surface area contributed by atoms with Gasteiger partial charge in [-0.25, -0.2) is 15.1 Å². The lowest BCUT2D eigenvalue weighted by Gasteiger charge is -2.18. The van der Waals surface area contributed by atoms with Crippen molar-refractivity contribution in [1.82, 2.24) is 30.4 Å². The molecule has 1 amide bonds. The second-order valence-electron chi connectivity index (χ2n) is 7.76. The minimum atomic E-state index is -0.626. The van der Waals surface area contributed by atoms with Crippen LogP contribution in [-0.4, -0.2) is 36.1 Å². The van der Waals surface area contributed by atoms with Gasteiger partial charge < -0.3 is 4.98 Å². The van der Waals surface area contributed by atoms with Crippen LogP contribution in [0.1, 0.15) is 42.5 Å². The molecule has 31 heavy (non-hydrogen) atoms. The largest absolute Gasteiger partial charge is 0.340 e. The molecule has 4 aromatic rings. The van der Waals surface area contributed by atoms with E-state index in [-0.39, 0.29) is 12.0 Å². The summed E-state index contributed by atoms with van der Waals surface area (Å²) in [6.45, 7) is 4.18. The van der Waals surface area contributed by atoms with Crippen molar-refractivity contribution in [2.24, 2.45) is 5.92 Å². The Labute approximate surface area is 179 Å². The maximum Gasteiger partial charge on any atom is 0.267 e. The number of benzene rings is 2. The summed E-state index contributed by atoms with van der Waals surface area (Å²) in [5.74, 6) is 0.373. The van der Waals surface area contributed by atoms with Crippen molar-refractivity contribution in [3.05, 3.63) is 83.4 Å². The van der Waals surface area contributed by atoms with Crippen molar-refractivity contribution < 1.29 is 10.0 Å². The van der Waals surface area contributed by atoms with Crippen molar-refractivity contribution in [3.8, 4) is 0 Å². The van der Waals surface area contributed by atoms with E-state index in [4.69, 9.17) is 10.2 Å². The molecule has 8 nitrogen and oxygen atoms in total. The fraction of sp³-hybridized carbons (Fsp3) is 0.217. The average molecular weight is 416 g/mol. The zero-order valence-electron chi connectivity index (χ0n) is 17.4. The first-order chi connectivity index (χ1) is 15.0. The third-order valence-corrected chi connectivity index (χ3v) is 5.06. The first kappa shape index (κ1) is 20.5. The summed E-state index contributed by atoms with van der Waals surface area (Å²) in [4.78, 5) is 19.4. The Bertz CT molecular complexity index is 1210. The van der Waals surface area contributed by atoms with E-state index < -0.39 is 5.91 Å². The molecule has 4 rings (SSSR count). The lowest BCUT2D eigenvalue weighted by Crippen LogP contribution is -2.18. The summed E-state index contributed by atoms with van der Waals surface area (Å²) < 4.78 is 1.74. The first-order valence-corrected chi connectivity index (χ1v) is 10.1. The molecule has 3 N–H and O–H groups in total. The zero-order valence-corrected chi connectivity index (χ0v) is 17.4. The van der Waals surface area contributed by atoms with Crippen molar-refractivity contribution in [2.75, 3.05) is 0 Å². The number of aromatic amines is 1. The smallest absolute Gasteiger partial charge is 0.267 e. The van der Waals surface area contributed by atoms with Gasteiger partial charge in [-0.3, -0.25) is 10.0 Å². The highest BCUT2D eigenvalue weighted by Crippen LogP contribution is 2.26. The number of rotatable bonds is 7. The molecule has 158 valence electrons. The average Bonchev–Trinajstić information content (AvgIpc) is 3.39. The van der Waals surface area contributed by atoms with Crippen LogP contribution in [0.2, 0.25) is 0 Å². The van der Waals surface area contributed by atoms with Crippen LogP contribution in [0.3, 0.4) is 0 Å². The van der Waals surface area contributed by atoms with Crippen LogP contribution in [-0.2, 0) is 11.2 Å². The standard InChI is InChI=1S/C23H24N6O2/c1-15(2)22(29-14-18(26-28-29)9-11-21(30)27-31)23-24-19-10-8-17(13-20(19)25-23)12-16-6-4-3-5-7-16/h3-11,13-15,22,31H,12H2,1-2H3,(H,24,25)(H,27,30). The highest BCUT2D eigenvalue weighted by Gasteiger charge is 2.23. The van der Waals surface area contributed by atoms with E-state index in [0.717, 1.165) is 23.3 Å². The topological polar surface area (TPSA) is 109 Å². The van der Waals surface area contributed by atoms with Gasteiger partial charge in [0.05, 0.1) is 17.2 Å². The number of nitrogens with zero attached hydrogens (tertiary/aromatic N) is 4. The van der Waals surface area contributed by atoms with Crippen LogP contribution in [0.25, 0.3) is 17.1 Å². The summed E-state index contributed by atoms with van der Waals surface area (Å²) >= 11 is 0. The Morgan fingerprint density at radius 3 is 2.74 bits per heavy atom. The van der Waals surface area contributed by atoms with Crippen molar-refractivity contribution in [3.63, 3.8) is 0 Å². The maximum absolute atomic E-state index is 11.2. The number of imidazole rings is 1. The van der Waals surface area contributed by atoms with Gasteiger partial charge >= 0.3 is 0 Å². The van der Waals surface area contributed by atoms with E-state index in [9.17, 15) is 4.79 Å². The van der Waals surface area contributed by atoms with Gasteiger partial charge in [0, 0.05) is 6.08 Å². The van der Waals surface area contributed by atoms with E-state index in [1.54, 1.807) is 16.4 Å². The molecule has 1 atom stereocenters. The Kier molecular flexibility index (Phi) is 5.90. The van der Waals surface area contributed by atoms with Crippen LogP contribution in [0.4, 0.5) is 0 Å². The highest BCUT2D eigenvalue weighted by molar-refractivity contribution is 5.90. The normalized spacial score (nSPS) is 12.6. The van der Waals surface area contributed by atoms with Crippen LogP contribution in [0, 0.1) is 5.92 Å². The van der Waals surface area contributed by atoms with E-state index >= 15 is 0 Å². The van der Waals surface area contributed by atoms with E-state index in [1.165, 1.54) is 23.3 Å². The summed E-state index contributed by atoms with van der Waals surface area (Å²) in [5, 5.41) is 16.9. The van der Waals surface area contributed by atoms with Gasteiger partial charge in [-0.05, 0) is 41.7 Å². The summed E-state index contributed by atoms with van der Waals surface area (Å²) in [6, 6.07) is 16.5. The van der Waals surface area contributed by atoms with Gasteiger partial charge in [0.2, 0.25) is 0 Å². The Hall–Kier alpha value is -3.78. The molecule has 8 heteroatoms. The van der Waals surface area contributed by atoms with E-state index in [1.807, 2.05) is 24.3 Å². The van der Waals surface area contributed by atoms with Gasteiger partial charge in [0.15, 0.2) is 0 Å². The number of hydrogen-bond donors (Lipinski definition) is 3. The predicted molar refractivity (Wildman–Crippen MR) is 117 cm³/mol. The van der Waals surface area contributed by atoms with Gasteiger partial charge in [-0.1, -0.05) is 55.5 Å². The molecule has 0 spiro atoms. The molecule has 0 fully saturated rings. The third kappa shape index (κ3) is 4.70. The Morgan fingerprint density at radius 2 is 2.00 bits per heavy atom. The van der Waals surface area contributed by atoms with Crippen LogP contribution in [0.5, 0.6) is 0 Å². The molecule has 0 saturated carbocycles. The fourth-order valence-electron chi connectivity index (χ4n) is 3.61. The second-order valence-corrected chi connectivity index (χ2v) is 7.76. The number of H-pyrrole nitrogens is 1. The molecule has 2 aromatic heterocycles. The molecule has 0 aliphatic heterocycles. The number of nitrogens with one attached hydrogen (secondary N) is 2. The number of carbonyl (C=O) groups is 1. The molecule has 2 aromatic carbocycles. The highest BCUT2D eigenvalue weighted by atomic mass is 16.5. The third-order valence-electron chi connectivity index (χ3n) is 5.06. The Morgan fingerprint density at radius 1 is 1.19 bits per heavy atom. The number of fused-ring (bicyclic) bond motifs is 1. The van der Waals surface area contributed by atoms with E-state index in [0.29, 0.717) is 5.69 Å². The summed E-state index contributed by atoms with van der Waals surface area (Å²) in [7, 11) is 0. The summed E-state index contributed by atoms with van der Waals surface area (Å²) in [5.41, 5.74) is 6.42. The minimum Gasteiger partial charge on any atom is -0.340 e. The molecular formula is C23H24N6O2. The van der Waals surface area contributed by atoms with Crippen LogP contribution < -0.4 is 5.48 Å². The molecule has 0 aliphatic rings. The zero-order chi connectivity index (χ0) is 21.8. The SMILES string of the molecule is CC(C)C(c1nc2ccc(Cc3ccccc3)cc2[nH]1)n1cc(C=CC(=O)NO)nn1. The van der Waals surface area contributed by atoms with Crippen LogP contribution >= 0.6 is 0 Å². The number of amides is 1. The number of hydroxylamine groups is 1. The minimum absolute atomic E-state index is 0.147. The van der Waals surface area contributed by atoms with Gasteiger partial charge in [-0.15, -0.1) is 5.10 Å². The van der Waals surface area contributed by atoms with Crippen molar-refractivity contribution in [1.29, 1.82) is 0 Å². The lowest BCUT2D eigenvalue weighted by molar-refractivity contribution is -0.124. The second kappa shape index (κ2) is 8.93. The molecule has 0 aliphatic carbocycles. The van der Waals surface area contributed by atoms with E-state index in [2.05, 4.69) is 53.4 Å². The number of aromatic nitrogens is 5.